The third-order valence-corrected chi connectivity index (χ3v) is 6.08. The molecule has 0 radical (unpaired) electrons. The van der Waals surface area contributed by atoms with Crippen LogP contribution in [0, 0.1) is 0 Å². The second-order valence-corrected chi connectivity index (χ2v) is 7.60. The number of hydrogen-bond donors (Lipinski definition) is 1. The van der Waals surface area contributed by atoms with E-state index in [0.717, 1.165) is 37.3 Å². The summed E-state index contributed by atoms with van der Waals surface area (Å²) < 4.78 is 1.72. The van der Waals surface area contributed by atoms with Crippen LogP contribution in [0.3, 0.4) is 0 Å². The van der Waals surface area contributed by atoms with Crippen molar-refractivity contribution in [2.24, 2.45) is 7.05 Å². The predicted octanol–water partition coefficient (Wildman–Crippen LogP) is 2.40. The maximum absolute atomic E-state index is 11.3. The van der Waals surface area contributed by atoms with E-state index in [-0.39, 0.29) is 5.69 Å². The Bertz CT molecular complexity index is 747. The molecule has 1 fully saturated rings. The zero-order valence-corrected chi connectivity index (χ0v) is 14.0. The molecule has 6 nitrogen and oxygen atoms in total. The fourth-order valence-corrected chi connectivity index (χ4v) is 4.52. The average Bonchev–Trinajstić information content (AvgIpc) is 3.03. The quantitative estimate of drug-likeness (QED) is 0.931. The molecule has 122 valence electrons. The standard InChI is InChI=1S/C16H20N4O2S/c1-19-13-9-20(6-5-12(13)14(18-19)16(21)22)8-11-7-17-15(23-11)10-3-2-4-10/h7,10H,2-6,8-9H2,1H3,(H,21,22). The van der Waals surface area contributed by atoms with Crippen LogP contribution in [0.5, 0.6) is 0 Å². The highest BCUT2D eigenvalue weighted by atomic mass is 32.1. The number of hydrogen-bond acceptors (Lipinski definition) is 5. The normalized spacial score (nSPS) is 18.7. The minimum Gasteiger partial charge on any atom is -0.476 e. The lowest BCUT2D eigenvalue weighted by molar-refractivity contribution is 0.0688. The molecule has 2 aliphatic rings. The Morgan fingerprint density at radius 2 is 2.30 bits per heavy atom. The van der Waals surface area contributed by atoms with Gasteiger partial charge < -0.3 is 5.11 Å². The molecule has 3 heterocycles. The van der Waals surface area contributed by atoms with Gasteiger partial charge in [-0.15, -0.1) is 11.3 Å². The highest BCUT2D eigenvalue weighted by molar-refractivity contribution is 7.11. The van der Waals surface area contributed by atoms with Crippen molar-refractivity contribution in [3.63, 3.8) is 0 Å². The van der Waals surface area contributed by atoms with Gasteiger partial charge in [-0.1, -0.05) is 6.42 Å². The van der Waals surface area contributed by atoms with Crippen molar-refractivity contribution in [2.75, 3.05) is 6.54 Å². The summed E-state index contributed by atoms with van der Waals surface area (Å²) >= 11 is 1.84. The molecule has 1 saturated carbocycles. The SMILES string of the molecule is Cn1nc(C(=O)O)c2c1CN(Cc1cnc(C3CCC3)s1)CC2. The van der Waals surface area contributed by atoms with E-state index in [4.69, 9.17) is 0 Å². The molecule has 0 spiro atoms. The second kappa shape index (κ2) is 5.72. The van der Waals surface area contributed by atoms with Gasteiger partial charge in [0.2, 0.25) is 0 Å². The molecular weight excluding hydrogens is 312 g/mol. The van der Waals surface area contributed by atoms with Gasteiger partial charge >= 0.3 is 5.97 Å². The highest BCUT2D eigenvalue weighted by Gasteiger charge is 2.27. The van der Waals surface area contributed by atoms with Gasteiger partial charge in [0.05, 0.1) is 10.7 Å². The Kier molecular flexibility index (Phi) is 3.69. The first-order valence-corrected chi connectivity index (χ1v) is 8.88. The van der Waals surface area contributed by atoms with E-state index in [1.165, 1.54) is 29.1 Å². The number of carboxylic acid groups (broad SMARTS) is 1. The first kappa shape index (κ1) is 14.8. The summed E-state index contributed by atoms with van der Waals surface area (Å²) in [4.78, 5) is 19.5. The molecule has 1 aliphatic carbocycles. The molecule has 0 amide bonds. The van der Waals surface area contributed by atoms with Crippen molar-refractivity contribution < 1.29 is 9.90 Å². The van der Waals surface area contributed by atoms with Crippen molar-refractivity contribution in [3.8, 4) is 0 Å². The molecule has 1 aliphatic heterocycles. The average molecular weight is 332 g/mol. The minimum atomic E-state index is -0.928. The Morgan fingerprint density at radius 3 is 3.00 bits per heavy atom. The molecule has 4 rings (SSSR count). The number of carboxylic acids is 1. The summed E-state index contributed by atoms with van der Waals surface area (Å²) in [6.07, 6.45) is 6.67. The number of thiazole rings is 1. The lowest BCUT2D eigenvalue weighted by Crippen LogP contribution is -2.31. The van der Waals surface area contributed by atoms with Crippen molar-refractivity contribution >= 4 is 17.3 Å². The van der Waals surface area contributed by atoms with Crippen LogP contribution in [-0.4, -0.2) is 37.3 Å². The van der Waals surface area contributed by atoms with E-state index < -0.39 is 5.97 Å². The summed E-state index contributed by atoms with van der Waals surface area (Å²) in [7, 11) is 1.83. The lowest BCUT2D eigenvalue weighted by atomic mass is 9.86. The molecule has 0 aromatic carbocycles. The Balaban J connectivity index is 1.47. The number of rotatable bonds is 4. The summed E-state index contributed by atoms with van der Waals surface area (Å²) in [5.41, 5.74) is 2.14. The number of nitrogens with zero attached hydrogens (tertiary/aromatic N) is 4. The van der Waals surface area contributed by atoms with Crippen molar-refractivity contribution in [2.45, 2.75) is 44.7 Å². The van der Waals surface area contributed by atoms with Crippen LogP contribution in [0.15, 0.2) is 6.20 Å². The summed E-state index contributed by atoms with van der Waals surface area (Å²) in [5, 5.41) is 14.7. The zero-order chi connectivity index (χ0) is 16.0. The number of aromatic nitrogens is 3. The second-order valence-electron chi connectivity index (χ2n) is 6.46. The van der Waals surface area contributed by atoms with Gasteiger partial charge in [0, 0.05) is 49.2 Å². The van der Waals surface area contributed by atoms with Crippen LogP contribution in [0.25, 0.3) is 0 Å². The number of fused-ring (bicyclic) bond motifs is 1. The fourth-order valence-electron chi connectivity index (χ4n) is 3.39. The summed E-state index contributed by atoms with van der Waals surface area (Å²) in [6, 6.07) is 0. The zero-order valence-electron chi connectivity index (χ0n) is 13.2. The first-order chi connectivity index (χ1) is 11.1. The monoisotopic (exact) mass is 332 g/mol. The minimum absolute atomic E-state index is 0.215. The predicted molar refractivity (Wildman–Crippen MR) is 86.7 cm³/mol. The summed E-state index contributed by atoms with van der Waals surface area (Å²) in [5.74, 6) is -0.236. The Labute approximate surface area is 138 Å². The van der Waals surface area contributed by atoms with Gasteiger partial charge in [-0.25, -0.2) is 9.78 Å². The fraction of sp³-hybridized carbons (Fsp3) is 0.562. The van der Waals surface area contributed by atoms with E-state index in [2.05, 4.69) is 15.0 Å². The Morgan fingerprint density at radius 1 is 1.48 bits per heavy atom. The van der Waals surface area contributed by atoms with Gasteiger partial charge in [0.25, 0.3) is 0 Å². The van der Waals surface area contributed by atoms with E-state index in [1.54, 1.807) is 4.68 Å². The van der Waals surface area contributed by atoms with Gasteiger partial charge in [-0.2, -0.15) is 5.10 Å². The first-order valence-electron chi connectivity index (χ1n) is 8.07. The van der Waals surface area contributed by atoms with E-state index in [0.29, 0.717) is 5.92 Å². The van der Waals surface area contributed by atoms with Crippen LogP contribution in [0.2, 0.25) is 0 Å². The molecule has 23 heavy (non-hydrogen) atoms. The number of carbonyl (C=O) groups is 1. The van der Waals surface area contributed by atoms with Gasteiger partial charge in [0.15, 0.2) is 5.69 Å². The van der Waals surface area contributed by atoms with Crippen LogP contribution >= 0.6 is 11.3 Å². The number of aryl methyl sites for hydroxylation is 1. The van der Waals surface area contributed by atoms with Gasteiger partial charge in [-0.05, 0) is 19.3 Å². The topological polar surface area (TPSA) is 71.2 Å². The lowest BCUT2D eigenvalue weighted by Gasteiger charge is -2.26. The van der Waals surface area contributed by atoms with E-state index >= 15 is 0 Å². The van der Waals surface area contributed by atoms with Crippen molar-refractivity contribution in [1.29, 1.82) is 0 Å². The van der Waals surface area contributed by atoms with Crippen molar-refractivity contribution in [1.82, 2.24) is 19.7 Å². The maximum Gasteiger partial charge on any atom is 0.356 e. The van der Waals surface area contributed by atoms with E-state index in [1.807, 2.05) is 24.6 Å². The largest absolute Gasteiger partial charge is 0.476 e. The Hall–Kier alpha value is -1.73. The third-order valence-electron chi connectivity index (χ3n) is 4.93. The molecule has 0 bridgehead atoms. The third kappa shape index (κ3) is 2.68. The van der Waals surface area contributed by atoms with Crippen LogP contribution < -0.4 is 0 Å². The van der Waals surface area contributed by atoms with Crippen LogP contribution in [-0.2, 0) is 26.6 Å². The molecule has 7 heteroatoms. The molecule has 0 unspecified atom stereocenters. The molecule has 0 atom stereocenters. The number of aromatic carboxylic acids is 1. The molecule has 2 aromatic rings. The van der Waals surface area contributed by atoms with Crippen molar-refractivity contribution in [3.05, 3.63) is 33.0 Å². The molecule has 2 aromatic heterocycles. The molecular formula is C16H20N4O2S. The summed E-state index contributed by atoms with van der Waals surface area (Å²) in [6.45, 7) is 2.51. The highest BCUT2D eigenvalue weighted by Crippen LogP contribution is 2.38. The molecule has 0 saturated heterocycles. The van der Waals surface area contributed by atoms with E-state index in [9.17, 15) is 9.90 Å². The van der Waals surface area contributed by atoms with Crippen LogP contribution in [0.4, 0.5) is 0 Å². The smallest absolute Gasteiger partial charge is 0.356 e. The van der Waals surface area contributed by atoms with Gasteiger partial charge in [-0.3, -0.25) is 9.58 Å². The van der Waals surface area contributed by atoms with Gasteiger partial charge in [0.1, 0.15) is 0 Å². The maximum atomic E-state index is 11.3. The van der Waals surface area contributed by atoms with Crippen LogP contribution in [0.1, 0.15) is 56.8 Å². The molecule has 1 N–H and O–H groups in total.